The van der Waals surface area contributed by atoms with Crippen LogP contribution in [0.3, 0.4) is 0 Å². The van der Waals surface area contributed by atoms with Gasteiger partial charge in [0.15, 0.2) is 0 Å². The van der Waals surface area contributed by atoms with Gasteiger partial charge in [-0.05, 0) is 36.7 Å². The van der Waals surface area contributed by atoms with Crippen LogP contribution in [0.2, 0.25) is 10.0 Å². The maximum atomic E-state index is 12.6. The van der Waals surface area contributed by atoms with E-state index in [-0.39, 0.29) is 5.91 Å². The molecule has 2 aromatic carbocycles. The third kappa shape index (κ3) is 5.29. The Labute approximate surface area is 199 Å². The molecule has 4 rings (SSSR count). The molecule has 32 heavy (non-hydrogen) atoms. The second-order valence-electron chi connectivity index (χ2n) is 8.10. The van der Waals surface area contributed by atoms with Gasteiger partial charge in [-0.3, -0.25) is 9.69 Å². The summed E-state index contributed by atoms with van der Waals surface area (Å²) in [6, 6.07) is 17.8. The zero-order chi connectivity index (χ0) is 22.5. The topological polar surface area (TPSA) is 40.5 Å². The van der Waals surface area contributed by atoms with Crippen molar-refractivity contribution in [2.24, 2.45) is 7.05 Å². The van der Waals surface area contributed by atoms with Crippen LogP contribution < -0.4 is 10.2 Å². The number of nitrogens with zero attached hydrogens (tertiary/aromatic N) is 3. The first-order valence-electron chi connectivity index (χ1n) is 10.9. The largest absolute Gasteiger partial charge is 0.368 e. The van der Waals surface area contributed by atoms with E-state index >= 15 is 0 Å². The number of carbonyl (C=O) groups is 1. The van der Waals surface area contributed by atoms with Gasteiger partial charge < -0.3 is 14.8 Å². The number of aryl methyl sites for hydroxylation is 1. The number of halogens is 2. The number of hydrogen-bond donors (Lipinski definition) is 1. The summed E-state index contributed by atoms with van der Waals surface area (Å²) in [7, 11) is 1.97. The van der Waals surface area contributed by atoms with Crippen molar-refractivity contribution in [3.8, 4) is 11.3 Å². The molecular weight excluding hydrogens is 443 g/mol. The molecule has 0 atom stereocenters. The Hall–Kier alpha value is -2.47. The van der Waals surface area contributed by atoms with Crippen molar-refractivity contribution in [2.75, 3.05) is 44.2 Å². The Morgan fingerprint density at radius 2 is 1.75 bits per heavy atom. The molecule has 1 aliphatic heterocycles. The van der Waals surface area contributed by atoms with E-state index in [1.165, 1.54) is 0 Å². The summed E-state index contributed by atoms with van der Waals surface area (Å²) in [6.07, 6.45) is 2.81. The predicted octanol–water partition coefficient (Wildman–Crippen LogP) is 4.94. The summed E-state index contributed by atoms with van der Waals surface area (Å²) >= 11 is 12.5. The van der Waals surface area contributed by atoms with Gasteiger partial charge in [0.05, 0.1) is 21.3 Å². The molecule has 1 saturated heterocycles. The monoisotopic (exact) mass is 470 g/mol. The summed E-state index contributed by atoms with van der Waals surface area (Å²) in [5.41, 5.74) is 3.84. The van der Waals surface area contributed by atoms with Crippen LogP contribution in [0.4, 0.5) is 5.69 Å². The molecule has 7 heteroatoms. The Balaban J connectivity index is 1.21. The van der Waals surface area contributed by atoms with Crippen molar-refractivity contribution in [3.63, 3.8) is 0 Å². The number of hydrogen-bond acceptors (Lipinski definition) is 3. The molecule has 0 radical (unpaired) electrons. The highest BCUT2D eigenvalue weighted by Crippen LogP contribution is 2.32. The predicted molar refractivity (Wildman–Crippen MR) is 133 cm³/mol. The molecule has 0 unspecified atom stereocenters. The fourth-order valence-corrected chi connectivity index (χ4v) is 4.56. The molecule has 3 aromatic rings. The van der Waals surface area contributed by atoms with Crippen LogP contribution in [-0.2, 0) is 7.05 Å². The lowest BCUT2D eigenvalue weighted by atomic mass is 10.1. The van der Waals surface area contributed by atoms with Gasteiger partial charge in [0.1, 0.15) is 0 Å². The Bertz CT molecular complexity index is 1060. The molecule has 168 valence electrons. The Morgan fingerprint density at radius 1 is 1.00 bits per heavy atom. The number of aromatic nitrogens is 1. The quantitative estimate of drug-likeness (QED) is 0.497. The smallest absolute Gasteiger partial charge is 0.252 e. The number of rotatable bonds is 7. The first kappa shape index (κ1) is 22.7. The van der Waals surface area contributed by atoms with E-state index in [9.17, 15) is 4.79 Å². The highest BCUT2D eigenvalue weighted by atomic mass is 35.5. The molecule has 0 saturated carbocycles. The van der Waals surface area contributed by atoms with E-state index in [1.54, 1.807) is 0 Å². The maximum absolute atomic E-state index is 12.6. The van der Waals surface area contributed by atoms with Crippen molar-refractivity contribution in [2.45, 2.75) is 6.42 Å². The van der Waals surface area contributed by atoms with Crippen LogP contribution in [0.5, 0.6) is 0 Å². The average Bonchev–Trinajstić information content (AvgIpc) is 3.21. The number of benzene rings is 2. The van der Waals surface area contributed by atoms with E-state index in [0.29, 0.717) is 22.2 Å². The third-order valence-electron chi connectivity index (χ3n) is 5.92. The maximum Gasteiger partial charge on any atom is 0.252 e. The molecule has 0 spiro atoms. The SMILES string of the molecule is Cn1cc(C(=O)NCCCN2CCN(c3cccc(Cl)c3Cl)CC2)cc1-c1ccccc1. The van der Waals surface area contributed by atoms with Gasteiger partial charge >= 0.3 is 0 Å². The number of nitrogens with one attached hydrogen (secondary N) is 1. The first-order valence-corrected chi connectivity index (χ1v) is 11.7. The molecule has 1 N–H and O–H groups in total. The summed E-state index contributed by atoms with van der Waals surface area (Å²) in [6.45, 7) is 5.39. The Morgan fingerprint density at radius 3 is 2.50 bits per heavy atom. The van der Waals surface area contributed by atoms with Gasteiger partial charge in [0.2, 0.25) is 0 Å². The molecule has 2 heterocycles. The molecule has 0 bridgehead atoms. The zero-order valence-corrected chi connectivity index (χ0v) is 19.7. The minimum absolute atomic E-state index is 0.0248. The molecule has 1 aliphatic rings. The summed E-state index contributed by atoms with van der Waals surface area (Å²) in [4.78, 5) is 17.3. The number of anilines is 1. The highest BCUT2D eigenvalue weighted by Gasteiger charge is 2.19. The molecular formula is C25H28Cl2N4O. The minimum atomic E-state index is -0.0248. The third-order valence-corrected chi connectivity index (χ3v) is 6.73. The van der Waals surface area contributed by atoms with Gasteiger partial charge in [0.25, 0.3) is 5.91 Å². The lowest BCUT2D eigenvalue weighted by Crippen LogP contribution is -2.47. The van der Waals surface area contributed by atoms with Crippen LogP contribution in [0, 0.1) is 0 Å². The van der Waals surface area contributed by atoms with Crippen LogP contribution in [0.1, 0.15) is 16.8 Å². The van der Waals surface area contributed by atoms with Gasteiger partial charge in [-0.15, -0.1) is 0 Å². The Kier molecular flexibility index (Phi) is 7.40. The zero-order valence-electron chi connectivity index (χ0n) is 18.2. The van der Waals surface area contributed by atoms with Crippen molar-refractivity contribution in [1.29, 1.82) is 0 Å². The fourth-order valence-electron chi connectivity index (χ4n) is 4.14. The van der Waals surface area contributed by atoms with Crippen LogP contribution in [-0.4, -0.2) is 54.6 Å². The van der Waals surface area contributed by atoms with E-state index in [0.717, 1.165) is 56.1 Å². The number of piperazine rings is 1. The normalized spacial score (nSPS) is 14.5. The molecule has 1 fully saturated rings. The fraction of sp³-hybridized carbons (Fsp3) is 0.320. The average molecular weight is 471 g/mol. The van der Waals surface area contributed by atoms with Crippen molar-refractivity contribution < 1.29 is 4.79 Å². The standard InChI is InChI=1S/C25H28Cl2N4O/c1-29-18-20(17-23(29)19-7-3-2-4-8-19)25(32)28-11-6-12-30-13-15-31(16-14-30)22-10-5-9-21(26)24(22)27/h2-5,7-10,17-18H,6,11-16H2,1H3,(H,28,32). The van der Waals surface area contributed by atoms with Crippen molar-refractivity contribution >= 4 is 34.8 Å². The molecule has 1 amide bonds. The van der Waals surface area contributed by atoms with Gasteiger partial charge in [-0.2, -0.15) is 0 Å². The van der Waals surface area contributed by atoms with Gasteiger partial charge in [0, 0.05) is 51.7 Å². The first-order chi connectivity index (χ1) is 15.5. The van der Waals surface area contributed by atoms with Crippen LogP contribution >= 0.6 is 23.2 Å². The summed E-state index contributed by atoms with van der Waals surface area (Å²) in [5.74, 6) is -0.0248. The molecule has 0 aliphatic carbocycles. The second-order valence-corrected chi connectivity index (χ2v) is 8.89. The van der Waals surface area contributed by atoms with E-state index in [4.69, 9.17) is 23.2 Å². The van der Waals surface area contributed by atoms with Crippen LogP contribution in [0.15, 0.2) is 60.8 Å². The van der Waals surface area contributed by atoms with E-state index in [1.807, 2.05) is 60.3 Å². The lowest BCUT2D eigenvalue weighted by Gasteiger charge is -2.36. The summed E-state index contributed by atoms with van der Waals surface area (Å²) in [5, 5.41) is 4.28. The van der Waals surface area contributed by atoms with E-state index in [2.05, 4.69) is 27.2 Å². The highest BCUT2D eigenvalue weighted by molar-refractivity contribution is 6.43. The lowest BCUT2D eigenvalue weighted by molar-refractivity contribution is 0.0951. The summed E-state index contributed by atoms with van der Waals surface area (Å²) < 4.78 is 2.00. The molecule has 5 nitrogen and oxygen atoms in total. The number of amides is 1. The molecule has 1 aromatic heterocycles. The van der Waals surface area contributed by atoms with E-state index < -0.39 is 0 Å². The van der Waals surface area contributed by atoms with Crippen molar-refractivity contribution in [1.82, 2.24) is 14.8 Å². The number of carbonyl (C=O) groups excluding carboxylic acids is 1. The van der Waals surface area contributed by atoms with Gasteiger partial charge in [-0.1, -0.05) is 59.6 Å². The second kappa shape index (κ2) is 10.4. The van der Waals surface area contributed by atoms with Crippen molar-refractivity contribution in [3.05, 3.63) is 76.4 Å². The minimum Gasteiger partial charge on any atom is -0.368 e. The van der Waals surface area contributed by atoms with Crippen LogP contribution in [0.25, 0.3) is 11.3 Å². The van der Waals surface area contributed by atoms with Gasteiger partial charge in [-0.25, -0.2) is 0 Å².